The Labute approximate surface area is 124 Å². The molecule has 1 fully saturated rings. The zero-order chi connectivity index (χ0) is 16.2. The van der Waals surface area contributed by atoms with Crippen LogP contribution in [0.5, 0.6) is 0 Å². The second-order valence-electron chi connectivity index (χ2n) is 6.08. The van der Waals surface area contributed by atoms with E-state index in [0.717, 1.165) is 0 Å². The average molecular weight is 299 g/mol. The smallest absolute Gasteiger partial charge is 0.317 e. The van der Waals surface area contributed by atoms with Gasteiger partial charge in [-0.3, -0.25) is 9.59 Å². The lowest BCUT2D eigenvalue weighted by Crippen LogP contribution is -2.54. The van der Waals surface area contributed by atoms with Crippen molar-refractivity contribution in [3.63, 3.8) is 0 Å². The molecule has 0 aliphatic carbocycles. The van der Waals surface area contributed by atoms with Gasteiger partial charge in [0.2, 0.25) is 5.91 Å². The van der Waals surface area contributed by atoms with Crippen molar-refractivity contribution in [1.82, 2.24) is 10.2 Å². The maximum absolute atomic E-state index is 12.3. The van der Waals surface area contributed by atoms with Gasteiger partial charge in [0.25, 0.3) is 0 Å². The first-order chi connectivity index (χ1) is 9.72. The molecule has 7 heteroatoms. The van der Waals surface area contributed by atoms with Gasteiger partial charge in [0, 0.05) is 18.6 Å². The van der Waals surface area contributed by atoms with Crippen LogP contribution in [0, 0.1) is 11.8 Å². The van der Waals surface area contributed by atoms with Crippen LogP contribution in [0.15, 0.2) is 0 Å². The van der Waals surface area contributed by atoms with Gasteiger partial charge in [-0.15, -0.1) is 0 Å². The van der Waals surface area contributed by atoms with E-state index in [0.29, 0.717) is 19.4 Å². The molecule has 0 saturated carbocycles. The second kappa shape index (κ2) is 7.28. The Morgan fingerprint density at radius 1 is 1.33 bits per heavy atom. The van der Waals surface area contributed by atoms with E-state index in [1.54, 1.807) is 4.90 Å². The fraction of sp³-hybridized carbons (Fsp3) is 0.786. The fourth-order valence-electron chi connectivity index (χ4n) is 2.51. The number of hydrogen-bond acceptors (Lipinski definition) is 3. The Kier molecular flexibility index (Phi) is 5.99. The summed E-state index contributed by atoms with van der Waals surface area (Å²) in [6.45, 7) is 5.93. The molecule has 0 radical (unpaired) electrons. The number of nitrogens with two attached hydrogens (primary N) is 1. The van der Waals surface area contributed by atoms with Crippen LogP contribution in [-0.4, -0.2) is 46.5 Å². The van der Waals surface area contributed by atoms with Gasteiger partial charge in [-0.1, -0.05) is 13.8 Å². The summed E-state index contributed by atoms with van der Waals surface area (Å²) >= 11 is 0. The van der Waals surface area contributed by atoms with E-state index in [1.807, 2.05) is 20.8 Å². The molecule has 0 spiro atoms. The van der Waals surface area contributed by atoms with Crippen molar-refractivity contribution in [1.29, 1.82) is 0 Å². The number of carbonyl (C=O) groups is 3. The number of carboxylic acid groups (broad SMARTS) is 1. The first kappa shape index (κ1) is 17.3. The van der Waals surface area contributed by atoms with Gasteiger partial charge in [0.15, 0.2) is 0 Å². The largest absolute Gasteiger partial charge is 0.481 e. The van der Waals surface area contributed by atoms with Crippen LogP contribution in [0.25, 0.3) is 0 Å². The van der Waals surface area contributed by atoms with Gasteiger partial charge < -0.3 is 21.1 Å². The number of amides is 3. The number of urea groups is 1. The number of hydrogen-bond donors (Lipinski definition) is 3. The number of nitrogens with one attached hydrogen (secondary N) is 1. The number of aliphatic carboxylic acids is 1. The minimum Gasteiger partial charge on any atom is -0.481 e. The van der Waals surface area contributed by atoms with Crippen LogP contribution in [0.1, 0.15) is 40.0 Å². The molecule has 3 unspecified atom stereocenters. The third-order valence-corrected chi connectivity index (χ3v) is 4.05. The van der Waals surface area contributed by atoms with Crippen LogP contribution in [0.3, 0.4) is 0 Å². The summed E-state index contributed by atoms with van der Waals surface area (Å²) in [6, 6.07) is -0.747. The van der Waals surface area contributed by atoms with Crippen LogP contribution in [0.4, 0.5) is 4.79 Å². The summed E-state index contributed by atoms with van der Waals surface area (Å²) in [5, 5.41) is 11.7. The first-order valence-corrected chi connectivity index (χ1v) is 7.30. The van der Waals surface area contributed by atoms with Gasteiger partial charge in [-0.05, 0) is 25.7 Å². The normalized spacial score (nSPS) is 23.7. The van der Waals surface area contributed by atoms with E-state index in [1.165, 1.54) is 0 Å². The summed E-state index contributed by atoms with van der Waals surface area (Å²) in [5.74, 6) is -1.66. The standard InChI is InChI=1S/C14H25N3O4/c1-8(2)11(6-12(18)19)16-14(21)17-7-10(13(15)20)5-4-9(17)3/h8-11H,4-7H2,1-3H3,(H2,15,20)(H,16,21)(H,18,19). The molecule has 3 atom stereocenters. The van der Waals surface area contributed by atoms with Crippen molar-refractivity contribution in [3.05, 3.63) is 0 Å². The molecular weight excluding hydrogens is 274 g/mol. The molecule has 0 aromatic heterocycles. The molecule has 7 nitrogen and oxygen atoms in total. The number of piperidine rings is 1. The molecule has 1 rings (SSSR count). The van der Waals surface area contributed by atoms with Gasteiger partial charge in [0.05, 0.1) is 12.3 Å². The van der Waals surface area contributed by atoms with Crippen LogP contribution < -0.4 is 11.1 Å². The number of rotatable bonds is 5. The minimum absolute atomic E-state index is 0.0112. The quantitative estimate of drug-likeness (QED) is 0.696. The molecule has 120 valence electrons. The highest BCUT2D eigenvalue weighted by molar-refractivity contribution is 5.80. The summed E-state index contributed by atoms with van der Waals surface area (Å²) in [7, 11) is 0. The SMILES string of the molecule is CC(C)C(CC(=O)O)NC(=O)N1CC(C(N)=O)CCC1C. The molecule has 1 saturated heterocycles. The van der Waals surface area contributed by atoms with Crippen LogP contribution in [-0.2, 0) is 9.59 Å². The second-order valence-corrected chi connectivity index (χ2v) is 6.08. The number of carboxylic acids is 1. The zero-order valence-corrected chi connectivity index (χ0v) is 12.8. The van der Waals surface area contributed by atoms with Crippen molar-refractivity contribution in [2.24, 2.45) is 17.6 Å². The van der Waals surface area contributed by atoms with Crippen LogP contribution in [0.2, 0.25) is 0 Å². The topological polar surface area (TPSA) is 113 Å². The summed E-state index contributed by atoms with van der Waals surface area (Å²) < 4.78 is 0. The van der Waals surface area contributed by atoms with Crippen LogP contribution >= 0.6 is 0 Å². The monoisotopic (exact) mass is 299 g/mol. The highest BCUT2D eigenvalue weighted by atomic mass is 16.4. The molecule has 3 amide bonds. The highest BCUT2D eigenvalue weighted by Gasteiger charge is 2.33. The summed E-state index contributed by atoms with van der Waals surface area (Å²) in [5.41, 5.74) is 5.32. The Hall–Kier alpha value is -1.79. The maximum atomic E-state index is 12.3. The fourth-order valence-corrected chi connectivity index (χ4v) is 2.51. The molecule has 21 heavy (non-hydrogen) atoms. The van der Waals surface area contributed by atoms with Gasteiger partial charge in [-0.2, -0.15) is 0 Å². The molecule has 0 bridgehead atoms. The van der Waals surface area contributed by atoms with E-state index >= 15 is 0 Å². The number of nitrogens with zero attached hydrogens (tertiary/aromatic N) is 1. The molecule has 4 N–H and O–H groups in total. The lowest BCUT2D eigenvalue weighted by atomic mass is 9.93. The third-order valence-electron chi connectivity index (χ3n) is 4.05. The lowest BCUT2D eigenvalue weighted by molar-refractivity contribution is -0.137. The summed E-state index contributed by atoms with van der Waals surface area (Å²) in [6.07, 6.45) is 1.28. The third kappa shape index (κ3) is 4.91. The highest BCUT2D eigenvalue weighted by Crippen LogP contribution is 2.22. The molecule has 0 aromatic rings. The predicted molar refractivity (Wildman–Crippen MR) is 77.5 cm³/mol. The Bertz CT molecular complexity index is 411. The zero-order valence-electron chi connectivity index (χ0n) is 12.8. The van der Waals surface area contributed by atoms with Crippen molar-refractivity contribution in [2.45, 2.75) is 52.1 Å². The van der Waals surface area contributed by atoms with Crippen molar-refractivity contribution in [3.8, 4) is 0 Å². The van der Waals surface area contributed by atoms with E-state index in [-0.39, 0.29) is 30.3 Å². The maximum Gasteiger partial charge on any atom is 0.317 e. The van der Waals surface area contributed by atoms with Gasteiger partial charge >= 0.3 is 12.0 Å². The average Bonchev–Trinajstić information content (AvgIpc) is 2.37. The Balaban J connectivity index is 2.70. The first-order valence-electron chi connectivity index (χ1n) is 7.30. The van der Waals surface area contributed by atoms with E-state index in [2.05, 4.69) is 5.32 Å². The number of carbonyl (C=O) groups excluding carboxylic acids is 2. The van der Waals surface area contributed by atoms with E-state index < -0.39 is 17.9 Å². The molecule has 1 aliphatic rings. The van der Waals surface area contributed by atoms with E-state index in [9.17, 15) is 14.4 Å². The molecule has 0 aromatic carbocycles. The van der Waals surface area contributed by atoms with Crippen molar-refractivity contribution < 1.29 is 19.5 Å². The number of likely N-dealkylation sites (tertiary alicyclic amines) is 1. The van der Waals surface area contributed by atoms with Gasteiger partial charge in [-0.25, -0.2) is 4.79 Å². The molecular formula is C14H25N3O4. The van der Waals surface area contributed by atoms with Gasteiger partial charge in [0.1, 0.15) is 0 Å². The Morgan fingerprint density at radius 2 is 1.95 bits per heavy atom. The van der Waals surface area contributed by atoms with Crippen molar-refractivity contribution in [2.75, 3.05) is 6.54 Å². The molecule has 1 heterocycles. The predicted octanol–water partition coefficient (Wildman–Crippen LogP) is 0.781. The van der Waals surface area contributed by atoms with E-state index in [4.69, 9.17) is 10.8 Å². The van der Waals surface area contributed by atoms with Crippen molar-refractivity contribution >= 4 is 17.9 Å². The Morgan fingerprint density at radius 3 is 2.43 bits per heavy atom. The lowest BCUT2D eigenvalue weighted by Gasteiger charge is -2.38. The summed E-state index contributed by atoms with van der Waals surface area (Å²) in [4.78, 5) is 36.1. The number of primary amides is 1. The molecule has 1 aliphatic heterocycles. The minimum atomic E-state index is -0.948.